The van der Waals surface area contributed by atoms with Crippen LogP contribution in [-0.4, -0.2) is 8.42 Å². The Balaban J connectivity index is 2.47. The van der Waals surface area contributed by atoms with E-state index in [1.54, 1.807) is 12.1 Å². The molecule has 2 nitrogen and oxygen atoms in total. The van der Waals surface area contributed by atoms with E-state index in [4.69, 9.17) is 0 Å². The molecular weight excluding hydrogens is 208 g/mol. The summed E-state index contributed by atoms with van der Waals surface area (Å²) in [7, 11) is -3.18. The molecule has 15 heavy (non-hydrogen) atoms. The lowest BCUT2D eigenvalue weighted by Crippen LogP contribution is -1.93. The minimum Gasteiger partial charge on any atom is -0.219 e. The van der Waals surface area contributed by atoms with Gasteiger partial charge in [-0.25, -0.2) is 8.42 Å². The molecule has 0 bridgehead atoms. The molecule has 1 aliphatic rings. The summed E-state index contributed by atoms with van der Waals surface area (Å²) >= 11 is 0. The molecule has 3 rings (SSSR count). The van der Waals surface area contributed by atoms with Gasteiger partial charge in [-0.2, -0.15) is 0 Å². The van der Waals surface area contributed by atoms with E-state index in [2.05, 4.69) is 0 Å². The molecule has 0 aromatic heterocycles. The van der Waals surface area contributed by atoms with Gasteiger partial charge >= 0.3 is 0 Å². The van der Waals surface area contributed by atoms with Crippen LogP contribution in [0.1, 0.15) is 5.56 Å². The normalized spacial score (nSPS) is 16.8. The zero-order chi connectivity index (χ0) is 10.5. The maximum absolute atomic E-state index is 11.6. The lowest BCUT2D eigenvalue weighted by atomic mass is 10.1. The number of rotatable bonds is 0. The van der Waals surface area contributed by atoms with Crippen molar-refractivity contribution in [1.29, 1.82) is 0 Å². The van der Waals surface area contributed by atoms with Gasteiger partial charge in [-0.05, 0) is 34.5 Å². The third kappa shape index (κ3) is 1.20. The Kier molecular flexibility index (Phi) is 1.56. The van der Waals surface area contributed by atoms with Gasteiger partial charge in [0, 0.05) is 5.41 Å². The van der Waals surface area contributed by atoms with Gasteiger partial charge in [0.1, 0.15) is 0 Å². The Morgan fingerprint density at radius 2 is 1.60 bits per heavy atom. The molecule has 0 N–H and O–H groups in total. The van der Waals surface area contributed by atoms with Crippen LogP contribution in [0.2, 0.25) is 0 Å². The Bertz CT molecular complexity index is 682. The van der Waals surface area contributed by atoms with Gasteiger partial charge in [0.15, 0.2) is 9.84 Å². The average molecular weight is 216 g/mol. The Morgan fingerprint density at radius 3 is 2.33 bits per heavy atom. The van der Waals surface area contributed by atoms with Crippen LogP contribution < -0.4 is 0 Å². The lowest BCUT2D eigenvalue weighted by molar-refractivity contribution is 0.605. The molecule has 0 unspecified atom stereocenters. The molecule has 2 aromatic carbocycles. The van der Waals surface area contributed by atoms with E-state index >= 15 is 0 Å². The quantitative estimate of drug-likeness (QED) is 0.678. The van der Waals surface area contributed by atoms with E-state index in [-0.39, 0.29) is 0 Å². The van der Waals surface area contributed by atoms with Gasteiger partial charge in [0.05, 0.1) is 4.90 Å². The second kappa shape index (κ2) is 2.70. The van der Waals surface area contributed by atoms with Crippen molar-refractivity contribution in [3.63, 3.8) is 0 Å². The molecule has 0 radical (unpaired) electrons. The summed E-state index contributed by atoms with van der Waals surface area (Å²) in [6, 6.07) is 11.4. The maximum atomic E-state index is 11.6. The summed E-state index contributed by atoms with van der Waals surface area (Å²) in [4.78, 5) is 0.418. The molecule has 0 atom stereocenters. The van der Waals surface area contributed by atoms with Gasteiger partial charge in [-0.15, -0.1) is 0 Å². The van der Waals surface area contributed by atoms with Crippen LogP contribution in [-0.2, 0) is 9.84 Å². The Hall–Kier alpha value is -1.61. The van der Waals surface area contributed by atoms with E-state index in [9.17, 15) is 8.42 Å². The van der Waals surface area contributed by atoms with Crippen molar-refractivity contribution in [2.75, 3.05) is 0 Å². The van der Waals surface area contributed by atoms with Crippen molar-refractivity contribution in [1.82, 2.24) is 0 Å². The first-order chi connectivity index (χ1) is 7.17. The molecule has 1 aliphatic heterocycles. The fourth-order valence-electron chi connectivity index (χ4n) is 1.85. The molecule has 0 spiro atoms. The van der Waals surface area contributed by atoms with Crippen molar-refractivity contribution in [3.8, 4) is 0 Å². The van der Waals surface area contributed by atoms with E-state index in [0.29, 0.717) is 4.90 Å². The van der Waals surface area contributed by atoms with Gasteiger partial charge < -0.3 is 0 Å². The first-order valence-corrected chi connectivity index (χ1v) is 6.17. The van der Waals surface area contributed by atoms with Crippen LogP contribution in [0.4, 0.5) is 0 Å². The van der Waals surface area contributed by atoms with E-state index < -0.39 is 9.84 Å². The minimum absolute atomic E-state index is 0.418. The molecule has 2 aromatic rings. The second-order valence-electron chi connectivity index (χ2n) is 3.58. The molecule has 0 aliphatic carbocycles. The van der Waals surface area contributed by atoms with Crippen LogP contribution in [0.15, 0.2) is 46.7 Å². The van der Waals surface area contributed by atoms with Crippen molar-refractivity contribution in [3.05, 3.63) is 47.4 Å². The zero-order valence-corrected chi connectivity index (χ0v) is 8.66. The lowest BCUT2D eigenvalue weighted by Gasteiger charge is -2.02. The predicted octanol–water partition coefficient (Wildman–Crippen LogP) is 2.60. The smallest absolute Gasteiger partial charge is 0.200 e. The highest BCUT2D eigenvalue weighted by atomic mass is 32.2. The molecule has 0 saturated heterocycles. The van der Waals surface area contributed by atoms with Crippen molar-refractivity contribution >= 4 is 26.7 Å². The van der Waals surface area contributed by atoms with Crippen LogP contribution >= 0.6 is 0 Å². The molecule has 0 saturated carbocycles. The van der Waals surface area contributed by atoms with Gasteiger partial charge in [-0.1, -0.05) is 24.3 Å². The zero-order valence-electron chi connectivity index (χ0n) is 7.84. The summed E-state index contributed by atoms with van der Waals surface area (Å²) in [6.07, 6.45) is 1.65. The fourth-order valence-corrected chi connectivity index (χ4v) is 3.07. The van der Waals surface area contributed by atoms with Crippen LogP contribution in [0.3, 0.4) is 0 Å². The molecular formula is C12H8O2S. The van der Waals surface area contributed by atoms with Crippen LogP contribution in [0.25, 0.3) is 16.8 Å². The Morgan fingerprint density at radius 1 is 0.933 bits per heavy atom. The topological polar surface area (TPSA) is 34.1 Å². The number of hydrogen-bond donors (Lipinski definition) is 0. The molecule has 0 fully saturated rings. The van der Waals surface area contributed by atoms with Crippen LogP contribution in [0, 0.1) is 0 Å². The number of hydrogen-bond acceptors (Lipinski definition) is 2. The van der Waals surface area contributed by atoms with E-state index in [1.807, 2.05) is 30.3 Å². The monoisotopic (exact) mass is 216 g/mol. The standard InChI is InChI=1S/C12H8O2S/c13-15(14)6-5-11-7-9-3-1-2-4-10(9)8-12(11)15/h1-8H. The van der Waals surface area contributed by atoms with Gasteiger partial charge in [0.25, 0.3) is 0 Å². The summed E-state index contributed by atoms with van der Waals surface area (Å²) in [6.45, 7) is 0. The minimum atomic E-state index is -3.18. The van der Waals surface area contributed by atoms with Crippen molar-refractivity contribution in [2.24, 2.45) is 0 Å². The third-order valence-corrected chi connectivity index (χ3v) is 4.07. The highest BCUT2D eigenvalue weighted by Gasteiger charge is 2.20. The van der Waals surface area contributed by atoms with E-state index in [0.717, 1.165) is 16.3 Å². The average Bonchev–Trinajstić information content (AvgIpc) is 2.52. The van der Waals surface area contributed by atoms with Gasteiger partial charge in [-0.3, -0.25) is 0 Å². The summed E-state index contributed by atoms with van der Waals surface area (Å²) in [5, 5.41) is 3.29. The number of sulfone groups is 1. The molecule has 1 heterocycles. The van der Waals surface area contributed by atoms with Crippen molar-refractivity contribution < 1.29 is 8.42 Å². The van der Waals surface area contributed by atoms with E-state index in [1.165, 1.54) is 5.41 Å². The second-order valence-corrected chi connectivity index (χ2v) is 5.39. The van der Waals surface area contributed by atoms with Gasteiger partial charge in [0.2, 0.25) is 0 Å². The number of benzene rings is 2. The molecule has 0 amide bonds. The third-order valence-electron chi connectivity index (χ3n) is 2.61. The summed E-state index contributed by atoms with van der Waals surface area (Å²) < 4.78 is 23.2. The maximum Gasteiger partial charge on any atom is 0.200 e. The largest absolute Gasteiger partial charge is 0.219 e. The molecule has 74 valence electrons. The highest BCUT2D eigenvalue weighted by Crippen LogP contribution is 2.30. The summed E-state index contributed by atoms with van der Waals surface area (Å²) in [5.41, 5.74) is 0.786. The first-order valence-electron chi connectivity index (χ1n) is 4.63. The first kappa shape index (κ1) is 8.68. The Labute approximate surface area is 87.8 Å². The van der Waals surface area contributed by atoms with Crippen LogP contribution in [0.5, 0.6) is 0 Å². The highest BCUT2D eigenvalue weighted by molar-refractivity contribution is 7.94. The molecule has 3 heteroatoms. The SMILES string of the molecule is O=S1(=O)C=Cc2cc3ccccc3cc21. The number of fused-ring (bicyclic) bond motifs is 2. The summed E-state index contributed by atoms with van der Waals surface area (Å²) in [5.74, 6) is 0. The van der Waals surface area contributed by atoms with Crippen molar-refractivity contribution in [2.45, 2.75) is 4.90 Å². The predicted molar refractivity (Wildman–Crippen MR) is 60.2 cm³/mol. The fraction of sp³-hybridized carbons (Fsp3) is 0.